The lowest BCUT2D eigenvalue weighted by atomic mass is 9.98. The summed E-state index contributed by atoms with van der Waals surface area (Å²) in [6.45, 7) is 6.30. The van der Waals surface area contributed by atoms with Crippen molar-refractivity contribution in [1.82, 2.24) is 9.78 Å². The molecule has 0 aliphatic carbocycles. The first kappa shape index (κ1) is 12.4. The fourth-order valence-corrected chi connectivity index (χ4v) is 1.89. The monoisotopic (exact) mass is 273 g/mol. The number of halogens is 1. The average Bonchev–Trinajstić information content (AvgIpc) is 2.43. The summed E-state index contributed by atoms with van der Waals surface area (Å²) in [5.41, 5.74) is 5.94. The Kier molecular flexibility index (Phi) is 3.67. The highest BCUT2D eigenvalue weighted by molar-refractivity contribution is 9.10. The summed E-state index contributed by atoms with van der Waals surface area (Å²) in [4.78, 5) is 12.0. The molecule has 0 spiro atoms. The minimum absolute atomic E-state index is 0.0220. The van der Waals surface area contributed by atoms with E-state index in [1.54, 1.807) is 10.9 Å². The highest BCUT2D eigenvalue weighted by atomic mass is 79.9. The van der Waals surface area contributed by atoms with Gasteiger partial charge in [0, 0.05) is 18.5 Å². The van der Waals surface area contributed by atoms with Crippen molar-refractivity contribution in [2.75, 3.05) is 0 Å². The van der Waals surface area contributed by atoms with E-state index in [1.165, 1.54) is 0 Å². The molecular formula is C10H16BrN3O. The van der Waals surface area contributed by atoms with Gasteiger partial charge in [-0.15, -0.1) is 0 Å². The fourth-order valence-electron chi connectivity index (χ4n) is 1.38. The predicted molar refractivity (Wildman–Crippen MR) is 62.8 cm³/mol. The van der Waals surface area contributed by atoms with Gasteiger partial charge >= 0.3 is 0 Å². The molecule has 15 heavy (non-hydrogen) atoms. The zero-order chi connectivity index (χ0) is 11.6. The van der Waals surface area contributed by atoms with E-state index in [4.69, 9.17) is 5.73 Å². The zero-order valence-corrected chi connectivity index (χ0v) is 10.8. The lowest BCUT2D eigenvalue weighted by molar-refractivity contribution is 0.0949. The molecule has 0 aromatic carbocycles. The normalized spacial score (nSPS) is 11.8. The Balaban J connectivity index is 2.95. The Morgan fingerprint density at radius 3 is 2.73 bits per heavy atom. The van der Waals surface area contributed by atoms with E-state index in [-0.39, 0.29) is 5.78 Å². The van der Waals surface area contributed by atoms with E-state index in [2.05, 4.69) is 21.0 Å². The maximum atomic E-state index is 12.0. The van der Waals surface area contributed by atoms with Crippen LogP contribution in [0.25, 0.3) is 0 Å². The SMILES string of the molecule is CCn1ncc(Br)c1C(=O)CC(C)(C)N. The van der Waals surface area contributed by atoms with Gasteiger partial charge in [0.05, 0.1) is 10.7 Å². The highest BCUT2D eigenvalue weighted by Gasteiger charge is 2.22. The smallest absolute Gasteiger partial charge is 0.183 e. The van der Waals surface area contributed by atoms with Gasteiger partial charge in [-0.2, -0.15) is 5.10 Å². The number of nitrogens with two attached hydrogens (primary N) is 1. The van der Waals surface area contributed by atoms with Crippen LogP contribution in [0.5, 0.6) is 0 Å². The number of hydrogen-bond donors (Lipinski definition) is 1. The Hall–Kier alpha value is -0.680. The highest BCUT2D eigenvalue weighted by Crippen LogP contribution is 2.20. The topological polar surface area (TPSA) is 60.9 Å². The Morgan fingerprint density at radius 2 is 2.27 bits per heavy atom. The van der Waals surface area contributed by atoms with Crippen molar-refractivity contribution >= 4 is 21.7 Å². The molecule has 2 N–H and O–H groups in total. The van der Waals surface area contributed by atoms with Crippen molar-refractivity contribution in [3.63, 3.8) is 0 Å². The van der Waals surface area contributed by atoms with Gasteiger partial charge in [-0.25, -0.2) is 0 Å². The average molecular weight is 274 g/mol. The first-order chi connectivity index (χ1) is 6.85. The number of rotatable bonds is 4. The quantitative estimate of drug-likeness (QED) is 0.854. The maximum absolute atomic E-state index is 12.0. The van der Waals surface area contributed by atoms with Gasteiger partial charge in [0.25, 0.3) is 0 Å². The van der Waals surface area contributed by atoms with Crippen molar-refractivity contribution in [2.45, 2.75) is 39.3 Å². The second-order valence-corrected chi connectivity index (χ2v) is 5.10. The molecule has 0 amide bonds. The number of nitrogens with zero attached hydrogens (tertiary/aromatic N) is 2. The summed E-state index contributed by atoms with van der Waals surface area (Å²) in [5, 5.41) is 4.09. The van der Waals surface area contributed by atoms with Gasteiger partial charge in [0.2, 0.25) is 0 Å². The Morgan fingerprint density at radius 1 is 1.67 bits per heavy atom. The molecule has 0 aliphatic rings. The van der Waals surface area contributed by atoms with E-state index in [1.807, 2.05) is 20.8 Å². The molecule has 1 rings (SSSR count). The minimum atomic E-state index is -0.487. The molecule has 1 heterocycles. The molecule has 5 heteroatoms. The van der Waals surface area contributed by atoms with Crippen LogP contribution < -0.4 is 5.73 Å². The van der Waals surface area contributed by atoms with Crippen LogP contribution in [-0.2, 0) is 6.54 Å². The first-order valence-electron chi connectivity index (χ1n) is 4.88. The van der Waals surface area contributed by atoms with Crippen LogP contribution in [0.1, 0.15) is 37.7 Å². The summed E-state index contributed by atoms with van der Waals surface area (Å²) < 4.78 is 2.41. The Bertz CT molecular complexity index is 365. The third-order valence-corrected chi connectivity index (χ3v) is 2.55. The standard InChI is InChI=1S/C10H16BrN3O/c1-4-14-9(7(11)6-13-14)8(15)5-10(2,3)12/h6H,4-5,12H2,1-3H3. The number of ketones is 1. The van der Waals surface area contributed by atoms with Crippen molar-refractivity contribution < 1.29 is 4.79 Å². The molecule has 0 bridgehead atoms. The van der Waals surface area contributed by atoms with E-state index in [9.17, 15) is 4.79 Å². The molecule has 0 saturated carbocycles. The van der Waals surface area contributed by atoms with Crippen LogP contribution in [0.3, 0.4) is 0 Å². The molecule has 0 fully saturated rings. The summed E-state index contributed by atoms with van der Waals surface area (Å²) in [6, 6.07) is 0. The van der Waals surface area contributed by atoms with Crippen LogP contribution in [0.2, 0.25) is 0 Å². The molecule has 1 aromatic heterocycles. The van der Waals surface area contributed by atoms with Crippen LogP contribution in [-0.4, -0.2) is 21.1 Å². The van der Waals surface area contributed by atoms with Gasteiger partial charge in [-0.05, 0) is 36.7 Å². The van der Waals surface area contributed by atoms with E-state index >= 15 is 0 Å². The second-order valence-electron chi connectivity index (χ2n) is 4.25. The van der Waals surface area contributed by atoms with Crippen molar-refractivity contribution in [3.05, 3.63) is 16.4 Å². The molecule has 4 nitrogen and oxygen atoms in total. The van der Waals surface area contributed by atoms with Crippen LogP contribution in [0.4, 0.5) is 0 Å². The van der Waals surface area contributed by atoms with Crippen LogP contribution in [0, 0.1) is 0 Å². The molecular weight excluding hydrogens is 258 g/mol. The zero-order valence-electron chi connectivity index (χ0n) is 9.25. The fraction of sp³-hybridized carbons (Fsp3) is 0.600. The van der Waals surface area contributed by atoms with Crippen molar-refractivity contribution in [3.8, 4) is 0 Å². The number of carbonyl (C=O) groups is 1. The summed E-state index contributed by atoms with van der Waals surface area (Å²) in [7, 11) is 0. The van der Waals surface area contributed by atoms with Gasteiger partial charge in [-0.1, -0.05) is 0 Å². The number of aromatic nitrogens is 2. The number of Topliss-reactive ketones (excluding diaryl/α,β-unsaturated/α-hetero) is 1. The lowest BCUT2D eigenvalue weighted by Gasteiger charge is -2.17. The van der Waals surface area contributed by atoms with E-state index in [0.717, 1.165) is 4.47 Å². The summed E-state index contributed by atoms with van der Waals surface area (Å²) >= 11 is 3.32. The van der Waals surface area contributed by atoms with Crippen LogP contribution in [0.15, 0.2) is 10.7 Å². The van der Waals surface area contributed by atoms with Gasteiger partial charge < -0.3 is 5.73 Å². The van der Waals surface area contributed by atoms with E-state index in [0.29, 0.717) is 18.7 Å². The third-order valence-electron chi connectivity index (χ3n) is 1.97. The lowest BCUT2D eigenvalue weighted by Crippen LogP contribution is -2.35. The summed E-state index contributed by atoms with van der Waals surface area (Å²) in [6.07, 6.45) is 1.96. The Labute approximate surface area is 98.0 Å². The van der Waals surface area contributed by atoms with Gasteiger partial charge in [0.1, 0.15) is 5.69 Å². The third kappa shape index (κ3) is 3.14. The van der Waals surface area contributed by atoms with Crippen molar-refractivity contribution in [1.29, 1.82) is 0 Å². The second kappa shape index (κ2) is 4.45. The van der Waals surface area contributed by atoms with Gasteiger partial charge in [-0.3, -0.25) is 9.48 Å². The maximum Gasteiger partial charge on any atom is 0.183 e. The molecule has 0 aliphatic heterocycles. The van der Waals surface area contributed by atoms with Crippen LogP contribution >= 0.6 is 15.9 Å². The van der Waals surface area contributed by atoms with E-state index < -0.39 is 5.54 Å². The summed E-state index contributed by atoms with van der Waals surface area (Å²) in [5.74, 6) is 0.0220. The first-order valence-corrected chi connectivity index (χ1v) is 5.68. The largest absolute Gasteiger partial charge is 0.325 e. The number of hydrogen-bond acceptors (Lipinski definition) is 3. The predicted octanol–water partition coefficient (Wildman–Crippen LogP) is 1.98. The number of carbonyl (C=O) groups excluding carboxylic acids is 1. The number of aryl methyl sites for hydroxylation is 1. The molecule has 0 radical (unpaired) electrons. The molecule has 84 valence electrons. The molecule has 0 atom stereocenters. The molecule has 1 aromatic rings. The molecule has 0 saturated heterocycles. The minimum Gasteiger partial charge on any atom is -0.325 e. The molecule has 0 unspecified atom stereocenters. The van der Waals surface area contributed by atoms with Gasteiger partial charge in [0.15, 0.2) is 5.78 Å². The van der Waals surface area contributed by atoms with Crippen molar-refractivity contribution in [2.24, 2.45) is 5.73 Å².